The van der Waals surface area contributed by atoms with Crippen molar-refractivity contribution >= 4 is 31.9 Å². The second-order valence-electron chi connectivity index (χ2n) is 7.91. The summed E-state index contributed by atoms with van der Waals surface area (Å²) in [5.41, 5.74) is 0.431. The number of fused-ring (bicyclic) bond motifs is 1. The van der Waals surface area contributed by atoms with E-state index in [1.54, 1.807) is 4.90 Å². The lowest BCUT2D eigenvalue weighted by Gasteiger charge is -2.24. The van der Waals surface area contributed by atoms with Crippen molar-refractivity contribution in [3.05, 3.63) is 27.7 Å². The summed E-state index contributed by atoms with van der Waals surface area (Å²) in [6.45, 7) is 2.00. The lowest BCUT2D eigenvalue weighted by atomic mass is 10.1. The zero-order chi connectivity index (χ0) is 18.7. The Morgan fingerprint density at radius 3 is 2.65 bits per heavy atom. The molecule has 1 aliphatic heterocycles. The first kappa shape index (κ1) is 18.4. The third kappa shape index (κ3) is 3.20. The zero-order valence-corrected chi connectivity index (χ0v) is 17.0. The Labute approximate surface area is 161 Å². The Bertz CT molecular complexity index is 865. The SMILES string of the molecule is C[C@@H](C1CC1)N1Cc2cc(Br)cc(S(=O)(=O)NCC3(CF)CC3)c2C1=O. The normalized spacial score (nSPS) is 22.4. The number of benzene rings is 1. The van der Waals surface area contributed by atoms with Gasteiger partial charge >= 0.3 is 0 Å². The first-order valence-corrected chi connectivity index (χ1v) is 11.2. The molecule has 0 spiro atoms. The molecular weight excluding hydrogens is 423 g/mol. The molecule has 2 aliphatic carbocycles. The predicted octanol–water partition coefficient (Wildman–Crippen LogP) is 3.23. The van der Waals surface area contributed by atoms with E-state index in [9.17, 15) is 17.6 Å². The van der Waals surface area contributed by atoms with Gasteiger partial charge in [-0.05, 0) is 56.2 Å². The Balaban J connectivity index is 1.65. The number of sulfonamides is 1. The van der Waals surface area contributed by atoms with Crippen LogP contribution in [0.1, 0.15) is 48.5 Å². The highest BCUT2D eigenvalue weighted by Crippen LogP contribution is 2.45. The fraction of sp³-hybridized carbons (Fsp3) is 0.611. The summed E-state index contributed by atoms with van der Waals surface area (Å²) in [6, 6.07) is 3.40. The quantitative estimate of drug-likeness (QED) is 0.701. The largest absolute Gasteiger partial charge is 0.331 e. The number of halogens is 2. The predicted molar refractivity (Wildman–Crippen MR) is 99.0 cm³/mol. The fourth-order valence-corrected chi connectivity index (χ4v) is 5.71. The number of nitrogens with zero attached hydrogens (tertiary/aromatic N) is 1. The van der Waals surface area contributed by atoms with Gasteiger partial charge in [-0.2, -0.15) is 0 Å². The molecular formula is C18H22BrFN2O3S. The minimum atomic E-state index is -3.89. The van der Waals surface area contributed by atoms with Crippen LogP contribution in [0.4, 0.5) is 4.39 Å². The molecule has 0 aromatic heterocycles. The highest BCUT2D eigenvalue weighted by atomic mass is 79.9. The van der Waals surface area contributed by atoms with Gasteiger partial charge in [-0.15, -0.1) is 0 Å². The summed E-state index contributed by atoms with van der Waals surface area (Å²) >= 11 is 3.36. The van der Waals surface area contributed by atoms with E-state index in [1.807, 2.05) is 13.0 Å². The highest BCUT2D eigenvalue weighted by molar-refractivity contribution is 9.10. The third-order valence-electron chi connectivity index (χ3n) is 5.93. The zero-order valence-electron chi connectivity index (χ0n) is 14.6. The van der Waals surface area contributed by atoms with Gasteiger partial charge in [-0.1, -0.05) is 15.9 Å². The number of amides is 1. The number of hydrogen-bond donors (Lipinski definition) is 1. The van der Waals surface area contributed by atoms with E-state index in [0.29, 0.717) is 29.8 Å². The van der Waals surface area contributed by atoms with Gasteiger partial charge in [-0.3, -0.25) is 9.18 Å². The smallest absolute Gasteiger partial charge is 0.256 e. The molecule has 2 saturated carbocycles. The van der Waals surface area contributed by atoms with Crippen molar-refractivity contribution in [1.29, 1.82) is 0 Å². The van der Waals surface area contributed by atoms with Crippen molar-refractivity contribution in [2.45, 2.75) is 50.1 Å². The molecule has 4 rings (SSSR count). The van der Waals surface area contributed by atoms with E-state index in [-0.39, 0.29) is 29.0 Å². The Kier molecular flexibility index (Phi) is 4.44. The highest BCUT2D eigenvalue weighted by Gasteiger charge is 2.45. The minimum absolute atomic E-state index is 0.00738. The van der Waals surface area contributed by atoms with Gasteiger partial charge in [0.1, 0.15) is 0 Å². The summed E-state index contributed by atoms with van der Waals surface area (Å²) in [4.78, 5) is 14.7. The second-order valence-corrected chi connectivity index (χ2v) is 10.6. The first-order chi connectivity index (χ1) is 12.3. The number of nitrogens with one attached hydrogen (secondary N) is 1. The van der Waals surface area contributed by atoms with Crippen molar-refractivity contribution in [3.8, 4) is 0 Å². The molecule has 0 saturated heterocycles. The summed E-state index contributed by atoms with van der Waals surface area (Å²) < 4.78 is 42.0. The van der Waals surface area contributed by atoms with Crippen molar-refractivity contribution < 1.29 is 17.6 Å². The van der Waals surface area contributed by atoms with E-state index in [0.717, 1.165) is 18.4 Å². The number of alkyl halides is 1. The van der Waals surface area contributed by atoms with Gasteiger partial charge in [-0.25, -0.2) is 13.1 Å². The van der Waals surface area contributed by atoms with Gasteiger partial charge in [0.25, 0.3) is 5.91 Å². The van der Waals surface area contributed by atoms with Crippen LogP contribution in [0.3, 0.4) is 0 Å². The molecule has 8 heteroatoms. The molecule has 3 aliphatic rings. The maximum Gasteiger partial charge on any atom is 0.256 e. The topological polar surface area (TPSA) is 66.5 Å². The molecule has 142 valence electrons. The van der Waals surface area contributed by atoms with Crippen LogP contribution >= 0.6 is 15.9 Å². The molecule has 26 heavy (non-hydrogen) atoms. The fourth-order valence-electron chi connectivity index (χ4n) is 3.64. The van der Waals surface area contributed by atoms with Gasteiger partial charge in [0, 0.05) is 29.0 Å². The third-order valence-corrected chi connectivity index (χ3v) is 7.81. The van der Waals surface area contributed by atoms with Gasteiger partial charge in [0.2, 0.25) is 10.0 Å². The van der Waals surface area contributed by atoms with E-state index in [2.05, 4.69) is 20.7 Å². The van der Waals surface area contributed by atoms with Crippen LogP contribution in [0.5, 0.6) is 0 Å². The van der Waals surface area contributed by atoms with Crippen LogP contribution in [0.25, 0.3) is 0 Å². The van der Waals surface area contributed by atoms with Crippen LogP contribution in [0.2, 0.25) is 0 Å². The Morgan fingerprint density at radius 2 is 2.08 bits per heavy atom. The van der Waals surface area contributed by atoms with Gasteiger partial charge in [0.15, 0.2) is 0 Å². The van der Waals surface area contributed by atoms with Crippen LogP contribution in [0, 0.1) is 11.3 Å². The molecule has 1 aromatic rings. The first-order valence-electron chi connectivity index (χ1n) is 8.95. The maximum absolute atomic E-state index is 13.1. The monoisotopic (exact) mass is 444 g/mol. The second kappa shape index (κ2) is 6.27. The number of rotatable bonds is 7. The summed E-state index contributed by atoms with van der Waals surface area (Å²) in [6.07, 6.45) is 3.61. The lowest BCUT2D eigenvalue weighted by molar-refractivity contribution is 0.0694. The van der Waals surface area contributed by atoms with Crippen molar-refractivity contribution in [3.63, 3.8) is 0 Å². The maximum atomic E-state index is 13.1. The Morgan fingerprint density at radius 1 is 1.38 bits per heavy atom. The molecule has 2 fully saturated rings. The number of carbonyl (C=O) groups is 1. The molecule has 1 heterocycles. The summed E-state index contributed by atoms with van der Waals surface area (Å²) in [7, 11) is -3.89. The standard InChI is InChI=1S/C18H22BrFN2O3S/c1-11(12-2-3-12)22-8-13-6-14(19)7-15(16(13)17(22)23)26(24,25)21-10-18(9-20)4-5-18/h6-7,11-12,21H,2-5,8-10H2,1H3/t11-/m0/s1. The summed E-state index contributed by atoms with van der Waals surface area (Å²) in [5, 5.41) is 0. The average molecular weight is 445 g/mol. The van der Waals surface area contributed by atoms with Gasteiger partial charge in [0.05, 0.1) is 17.1 Å². The molecule has 1 N–H and O–H groups in total. The summed E-state index contributed by atoms with van der Waals surface area (Å²) in [5.74, 6) is 0.285. The van der Waals surface area contributed by atoms with Crippen molar-refractivity contribution in [1.82, 2.24) is 9.62 Å². The molecule has 5 nitrogen and oxygen atoms in total. The number of hydrogen-bond acceptors (Lipinski definition) is 3. The average Bonchev–Trinajstić information content (AvgIpc) is 3.51. The van der Waals surface area contributed by atoms with Crippen LogP contribution < -0.4 is 4.72 Å². The van der Waals surface area contributed by atoms with E-state index in [4.69, 9.17) is 0 Å². The van der Waals surface area contributed by atoms with E-state index in [1.165, 1.54) is 6.07 Å². The van der Waals surface area contributed by atoms with Crippen molar-refractivity contribution in [2.24, 2.45) is 11.3 Å². The van der Waals surface area contributed by atoms with Crippen LogP contribution in [-0.4, -0.2) is 38.5 Å². The minimum Gasteiger partial charge on any atom is -0.331 e. The van der Waals surface area contributed by atoms with Gasteiger partial charge < -0.3 is 4.90 Å². The molecule has 0 unspecified atom stereocenters. The molecule has 1 amide bonds. The van der Waals surface area contributed by atoms with Crippen LogP contribution in [0.15, 0.2) is 21.5 Å². The van der Waals surface area contributed by atoms with E-state index < -0.39 is 22.1 Å². The number of carbonyl (C=O) groups excluding carboxylic acids is 1. The van der Waals surface area contributed by atoms with Crippen LogP contribution in [-0.2, 0) is 16.6 Å². The molecule has 0 bridgehead atoms. The van der Waals surface area contributed by atoms with E-state index >= 15 is 0 Å². The van der Waals surface area contributed by atoms with Crippen molar-refractivity contribution in [2.75, 3.05) is 13.2 Å². The molecule has 1 atom stereocenters. The molecule has 0 radical (unpaired) electrons. The molecule has 1 aromatic carbocycles. The Hall–Kier alpha value is -0.990. The lowest BCUT2D eigenvalue weighted by Crippen LogP contribution is -2.36.